The van der Waals surface area contributed by atoms with Gasteiger partial charge in [-0.15, -0.1) is 0 Å². The van der Waals surface area contributed by atoms with Crippen molar-refractivity contribution in [2.24, 2.45) is 11.5 Å². The fourth-order valence-electron chi connectivity index (χ4n) is 9.06. The molecule has 0 fully saturated rings. The lowest BCUT2D eigenvalue weighted by atomic mass is 10.1. The summed E-state index contributed by atoms with van der Waals surface area (Å²) in [5, 5.41) is 52.0. The Bertz CT molecular complexity index is 4010. The minimum absolute atomic E-state index is 0.00887. The Morgan fingerprint density at radius 3 is 0.914 bits per heavy atom. The summed E-state index contributed by atoms with van der Waals surface area (Å²) < 4.78 is 131. The average molecular weight is 1900 g/mol. The van der Waals surface area contributed by atoms with Crippen LogP contribution in [0.5, 0.6) is 0 Å². The van der Waals surface area contributed by atoms with E-state index in [-0.39, 0.29) is 59.4 Å². The van der Waals surface area contributed by atoms with Gasteiger partial charge in [-0.1, -0.05) is 204 Å². The highest BCUT2D eigenvalue weighted by Crippen LogP contribution is 2.41. The molecule has 128 heavy (non-hydrogen) atoms. The molecular formula is C85H136F6N8O25Si4. The Hall–Kier alpha value is -9.51. The number of hydrogen-bond donors (Lipinski definition) is 11. The quantitative estimate of drug-likeness (QED) is 0.00374. The van der Waals surface area contributed by atoms with Crippen LogP contribution in [0, 0.1) is 0 Å². The maximum atomic E-state index is 13.8. The van der Waals surface area contributed by atoms with E-state index in [2.05, 4.69) is 51.0 Å². The van der Waals surface area contributed by atoms with E-state index in [1.165, 1.54) is 14.2 Å². The molecule has 0 aromatic heterocycles. The van der Waals surface area contributed by atoms with Gasteiger partial charge in [0.25, 0.3) is 5.78 Å². The van der Waals surface area contributed by atoms with Crippen LogP contribution in [0.2, 0.25) is 72.5 Å². The summed E-state index contributed by atoms with van der Waals surface area (Å²) in [5.41, 5.74) is 22.3. The number of aliphatic carboxylic acids is 3. The number of benzene rings is 4. The summed E-state index contributed by atoms with van der Waals surface area (Å²) in [5.74, 6) is -6.11. The van der Waals surface area contributed by atoms with E-state index in [0.717, 1.165) is 22.3 Å². The van der Waals surface area contributed by atoms with Crippen LogP contribution in [0.4, 0.5) is 45.5 Å². The first-order valence-corrected chi connectivity index (χ1v) is 52.2. The number of nitrogens with zero attached hydrogens (tertiary/aromatic N) is 2. The fraction of sp³-hybridized carbons (Fsp3) is 0.588. The summed E-state index contributed by atoms with van der Waals surface area (Å²) >= 11 is 0. The molecule has 4 rings (SSSR count). The number of carboxylic acids is 3. The number of halogens is 6. The zero-order chi connectivity index (χ0) is 99.0. The van der Waals surface area contributed by atoms with Gasteiger partial charge in [-0.3, -0.25) is 19.2 Å². The van der Waals surface area contributed by atoms with Crippen LogP contribution in [0.15, 0.2) is 121 Å². The third-order valence-corrected chi connectivity index (χ3v) is 38.9. The topological polar surface area (TPSA) is 501 Å². The number of ketones is 1. The van der Waals surface area contributed by atoms with E-state index in [0.29, 0.717) is 6.21 Å². The highest BCUT2D eigenvalue weighted by Gasteiger charge is 2.47. The third-order valence-electron chi connectivity index (χ3n) is 20.9. The van der Waals surface area contributed by atoms with Gasteiger partial charge in [-0.05, 0) is 94.8 Å². The van der Waals surface area contributed by atoms with Gasteiger partial charge in [0.05, 0.1) is 45.3 Å². The number of alkyl carbamates (subject to hydrolysis) is 4. The highest BCUT2D eigenvalue weighted by atomic mass is 28.4. The Balaban J connectivity index is 0. The van der Waals surface area contributed by atoms with Gasteiger partial charge in [-0.2, -0.15) is 4.79 Å². The van der Waals surface area contributed by atoms with Gasteiger partial charge >= 0.3 is 60.4 Å². The average Bonchev–Trinajstić information content (AvgIpc) is 0.786. The minimum atomic E-state index is -2.43. The fourth-order valence-corrected chi connectivity index (χ4v) is 14.4. The molecule has 0 aliphatic rings. The largest absolute Gasteiger partial charge is 0.480 e. The highest BCUT2D eigenvalue weighted by molar-refractivity contribution is 6.75. The number of rotatable bonds is 41. The number of methoxy groups -OCH3 is 2. The van der Waals surface area contributed by atoms with Crippen molar-refractivity contribution in [1.82, 2.24) is 21.3 Å². The second kappa shape index (κ2) is 58.9. The van der Waals surface area contributed by atoms with Gasteiger partial charge in [0, 0.05) is 6.04 Å². The molecule has 0 saturated heterocycles. The Morgan fingerprint density at radius 1 is 0.391 bits per heavy atom. The zero-order valence-electron chi connectivity index (χ0n) is 77.3. The van der Waals surface area contributed by atoms with Gasteiger partial charge in [0.1, 0.15) is 103 Å². The maximum Gasteiger partial charge on any atom is 0.408 e. The molecule has 0 spiro atoms. The first-order valence-electron chi connectivity index (χ1n) is 40.5. The van der Waals surface area contributed by atoms with Crippen molar-refractivity contribution < 1.29 is 151 Å². The molecule has 0 radical (unpaired) electrons. The van der Waals surface area contributed by atoms with Crippen LogP contribution in [0.1, 0.15) is 118 Å². The van der Waals surface area contributed by atoms with Crippen LogP contribution >= 0.6 is 0 Å². The van der Waals surface area contributed by atoms with Crippen LogP contribution < -0.4 is 32.7 Å². The first-order chi connectivity index (χ1) is 59.2. The molecule has 43 heteroatoms. The molecule has 0 saturated carbocycles. The number of carbonyl (C=O) groups excluding carboxylic acids is 7. The standard InChI is InChI=1S/C20H32FNO5Si.C19H28FN3O4Si.C18H28FNO5Si.C12H14FNO5.C12H26FNO3Si.C4H8FNO3/c1-20(2,3)28(5,6)27-17(13-21)16(12-18(23)25-4)22-19(24)26-14-15-10-8-7-9-11-15;1-19(2,3)28(4,5)27-16(11-20)17(15(24)12-22-21)23-18(25)26-13-14-9-7-6-8-10-14;1-18(2,3)26(4,5)25-14(11-19)15(16(21)22)20-17(23)24-12-13-9-7-6-8-10-13;13-6-9(15)10(11(16)17)14-12(18)19-7-8-4-2-1-3-5-8;1-12(2,3)18(5,6)17-10(8-13)9(14)7-11(15)16-4;5-1-2(7)3(6)4(8)9/h7-11,16-17H,12-14H2,1-6H3,(H,22,24);6-10,12,16-17H,11,13H2,1-5H3,(H,23,25);6-10,14-15H,11-12H2,1-5H3,(H,20,23)(H,21,22);1-5,9-10,15H,6-7H2,(H,14,18)(H,16,17);9-10H,7-8,14H2,1-6H3;2-3,7H,1,6H2,(H,8,9)/t2*16-,17-;14-,15+;9-,10+;9-,10-;2-,3+/m111111/s1. The van der Waals surface area contributed by atoms with Crippen LogP contribution in [-0.4, -0.2) is 257 Å². The van der Waals surface area contributed by atoms with Crippen molar-refractivity contribution in [3.8, 4) is 0 Å². The maximum absolute atomic E-state index is 13.8. The number of hydrogen-bond acceptors (Lipinski definition) is 24. The van der Waals surface area contributed by atoms with Crippen molar-refractivity contribution in [2.45, 2.75) is 268 Å². The predicted molar refractivity (Wildman–Crippen MR) is 477 cm³/mol. The SMILES string of the molecule is CC(C)(C)[Si](C)(C)O[C@H](CF)[C@H](NC(=O)OCc1ccccc1)C(=O)C=[N+]=[N-].CC(C)(C)[Si](C)(C)O[C@H](CF)[C@H](NC(=O)OCc1ccccc1)C(=O)O.COC(=O)C[C@@H](N)[C@@H](CF)O[Si](C)(C)C(C)(C)C.COC(=O)C[C@@H](NC(=O)OCc1ccccc1)[C@@H](CF)O[Si](C)(C)C(C)(C)C.N[C@H](C(=O)O)[C@H](O)CF.O=C(N[C@H](C(=O)O)[C@H](O)CF)OCc1ccccc1. The van der Waals surface area contributed by atoms with E-state index in [1.807, 2.05) is 162 Å². The van der Waals surface area contributed by atoms with Crippen LogP contribution in [-0.2, 0) is 101 Å². The lowest BCUT2D eigenvalue weighted by molar-refractivity contribution is -0.143. The molecule has 0 aliphatic carbocycles. The third kappa shape index (κ3) is 47.2. The molecule has 4 amide bonds. The van der Waals surface area contributed by atoms with Crippen molar-refractivity contribution in [3.63, 3.8) is 0 Å². The van der Waals surface area contributed by atoms with Crippen LogP contribution in [0.25, 0.3) is 5.53 Å². The van der Waals surface area contributed by atoms with Crippen molar-refractivity contribution in [1.29, 1.82) is 0 Å². The molecule has 724 valence electrons. The second-order valence-corrected chi connectivity index (χ2v) is 54.0. The molecule has 0 heterocycles. The Labute approximate surface area is 750 Å². The smallest absolute Gasteiger partial charge is 0.408 e. The minimum Gasteiger partial charge on any atom is -0.480 e. The summed E-state index contributed by atoms with van der Waals surface area (Å²) in [6.07, 6.45) is -10.9. The van der Waals surface area contributed by atoms with Crippen molar-refractivity contribution in [2.75, 3.05) is 54.3 Å². The Kier molecular flexibility index (Phi) is 55.5. The molecule has 0 unspecified atom stereocenters. The number of carboxylic acid groups (broad SMARTS) is 3. The van der Waals surface area contributed by atoms with Gasteiger partial charge in [0.15, 0.2) is 45.4 Å². The van der Waals surface area contributed by atoms with E-state index < -0.39 is 206 Å². The van der Waals surface area contributed by atoms with E-state index >= 15 is 0 Å². The van der Waals surface area contributed by atoms with E-state index in [9.17, 15) is 79.4 Å². The molecule has 4 aromatic carbocycles. The summed E-state index contributed by atoms with van der Waals surface area (Å²) in [6.45, 7) is 33.8. The normalized spacial score (nSPS) is 14.5. The van der Waals surface area contributed by atoms with Crippen molar-refractivity contribution in [3.05, 3.63) is 149 Å². The summed E-state index contributed by atoms with van der Waals surface area (Å²) in [6, 6.07) is 28.1. The number of ether oxygens (including phenoxy) is 6. The first kappa shape index (κ1) is 121. The number of alkyl halides is 6. The lowest BCUT2D eigenvalue weighted by Gasteiger charge is -2.40. The molecule has 4 aromatic rings. The van der Waals surface area contributed by atoms with Gasteiger partial charge in [-0.25, -0.2) is 55.1 Å². The zero-order valence-corrected chi connectivity index (χ0v) is 81.3. The van der Waals surface area contributed by atoms with E-state index in [1.54, 1.807) is 78.9 Å². The molecule has 0 aliphatic heterocycles. The van der Waals surface area contributed by atoms with Crippen molar-refractivity contribution >= 4 is 99.5 Å². The monoisotopic (exact) mass is 1890 g/mol. The number of aliphatic hydroxyl groups is 2. The molecule has 12 atom stereocenters. The Morgan fingerprint density at radius 2 is 0.656 bits per heavy atom. The summed E-state index contributed by atoms with van der Waals surface area (Å²) in [7, 11) is -6.73. The number of amides is 4. The number of aliphatic hydroxyl groups excluding tert-OH is 2. The number of esters is 2. The predicted octanol–water partition coefficient (Wildman–Crippen LogP) is 13.1. The molecular weight excluding hydrogens is 1760 g/mol. The lowest BCUT2D eigenvalue weighted by Crippen LogP contribution is -2.56. The van der Waals surface area contributed by atoms with E-state index in [4.69, 9.17) is 74.1 Å². The van der Waals surface area contributed by atoms with Gasteiger partial charge in [0.2, 0.25) is 0 Å². The number of carbonyl (C=O) groups is 10. The number of nitrogens with one attached hydrogen (secondary N) is 4. The molecule has 0 bridgehead atoms. The second-order valence-electron chi connectivity index (χ2n) is 35.0. The van der Waals surface area contributed by atoms with Crippen LogP contribution in [0.3, 0.4) is 0 Å². The van der Waals surface area contributed by atoms with Gasteiger partial charge < -0.3 is 110 Å². The summed E-state index contributed by atoms with van der Waals surface area (Å²) in [4.78, 5) is 118. The molecule has 33 nitrogen and oxygen atoms in total. The number of nitrogens with two attached hydrogens (primary N) is 2. The molecule has 13 N–H and O–H groups in total. The number of Topliss-reactive ketones (excluding diaryl/α,β-unsaturated/α-hetero) is 1.